The molecule has 1 aromatic heterocycles. The number of nitrogens with zero attached hydrogens (tertiary/aromatic N) is 1. The first-order valence-electron chi connectivity index (χ1n) is 5.54. The number of rotatable bonds is 4. The molecule has 0 saturated carbocycles. The number of nitrogens with one attached hydrogen (secondary N) is 2. The predicted octanol–water partition coefficient (Wildman–Crippen LogP) is 1.75. The van der Waals surface area contributed by atoms with E-state index < -0.39 is 24.5 Å². The Balaban J connectivity index is 2.75. The maximum Gasteiger partial charge on any atom is 0.391 e. The molecule has 1 unspecified atom stereocenters. The number of carbonyl (C=O) groups is 1. The van der Waals surface area contributed by atoms with Crippen molar-refractivity contribution in [1.82, 2.24) is 10.3 Å². The van der Waals surface area contributed by atoms with Gasteiger partial charge in [-0.25, -0.2) is 10.8 Å². The summed E-state index contributed by atoms with van der Waals surface area (Å²) in [6, 6.07) is 1.83. The number of nitrogen functional groups attached to an aromatic ring is 1. The van der Waals surface area contributed by atoms with Crippen molar-refractivity contribution in [2.75, 3.05) is 5.43 Å². The first-order valence-corrected chi connectivity index (χ1v) is 5.54. The van der Waals surface area contributed by atoms with E-state index in [1.807, 2.05) is 0 Å². The summed E-state index contributed by atoms with van der Waals surface area (Å²) in [4.78, 5) is 15.8. The molecule has 1 aromatic rings. The number of anilines is 1. The van der Waals surface area contributed by atoms with Crippen LogP contribution in [0.1, 0.15) is 29.4 Å². The summed E-state index contributed by atoms with van der Waals surface area (Å²) in [5, 5.41) is 2.28. The predicted molar refractivity (Wildman–Crippen MR) is 64.4 cm³/mol. The van der Waals surface area contributed by atoms with E-state index >= 15 is 0 Å². The van der Waals surface area contributed by atoms with Crippen LogP contribution in [0.4, 0.5) is 19.0 Å². The third kappa shape index (κ3) is 5.12. The summed E-state index contributed by atoms with van der Waals surface area (Å²) in [7, 11) is 0. The molecule has 0 saturated heterocycles. The monoisotopic (exact) mass is 276 g/mol. The van der Waals surface area contributed by atoms with E-state index in [9.17, 15) is 18.0 Å². The van der Waals surface area contributed by atoms with Gasteiger partial charge in [-0.1, -0.05) is 0 Å². The molecule has 1 rings (SSSR count). The fourth-order valence-corrected chi connectivity index (χ4v) is 1.58. The van der Waals surface area contributed by atoms with Crippen LogP contribution < -0.4 is 16.6 Å². The molecule has 0 aliphatic heterocycles. The van der Waals surface area contributed by atoms with Gasteiger partial charge in [-0.2, -0.15) is 13.2 Å². The summed E-state index contributed by atoms with van der Waals surface area (Å²) in [5.74, 6) is 4.85. The van der Waals surface area contributed by atoms with Gasteiger partial charge in [-0.3, -0.25) is 4.79 Å². The Kier molecular flexibility index (Phi) is 4.71. The molecule has 1 atom stereocenters. The highest BCUT2D eigenvalue weighted by molar-refractivity contribution is 5.95. The number of hydrazine groups is 1. The molecule has 0 spiro atoms. The smallest absolute Gasteiger partial charge is 0.349 e. The number of hydrogen-bond acceptors (Lipinski definition) is 4. The van der Waals surface area contributed by atoms with E-state index in [1.165, 1.54) is 19.1 Å². The van der Waals surface area contributed by atoms with Gasteiger partial charge in [0, 0.05) is 17.3 Å². The topological polar surface area (TPSA) is 80.0 Å². The molecule has 106 valence electrons. The van der Waals surface area contributed by atoms with Gasteiger partial charge in [0.1, 0.15) is 5.82 Å². The van der Waals surface area contributed by atoms with Gasteiger partial charge in [0.2, 0.25) is 0 Å². The quantitative estimate of drug-likeness (QED) is 0.578. The van der Waals surface area contributed by atoms with Crippen molar-refractivity contribution in [3.63, 3.8) is 0 Å². The minimum absolute atomic E-state index is 0.203. The summed E-state index contributed by atoms with van der Waals surface area (Å²) in [6.45, 7) is 2.94. The summed E-state index contributed by atoms with van der Waals surface area (Å²) in [5.41, 5.74) is 3.02. The Bertz CT molecular complexity index is 462. The molecule has 0 aromatic carbocycles. The van der Waals surface area contributed by atoms with Gasteiger partial charge in [0.15, 0.2) is 0 Å². The second kappa shape index (κ2) is 5.87. The average Bonchev–Trinajstić information content (AvgIpc) is 2.25. The van der Waals surface area contributed by atoms with Gasteiger partial charge < -0.3 is 10.7 Å². The standard InChI is InChI=1S/C11H15F3N4O/c1-6-3-8(4-9(16-6)18-15)10(19)17-7(2)5-11(12,13)14/h3-4,7H,5,15H2,1-2H3,(H,16,18)(H,17,19). The van der Waals surface area contributed by atoms with Crippen molar-refractivity contribution >= 4 is 11.7 Å². The summed E-state index contributed by atoms with van der Waals surface area (Å²) < 4.78 is 36.5. The highest BCUT2D eigenvalue weighted by Crippen LogP contribution is 2.21. The van der Waals surface area contributed by atoms with E-state index in [1.54, 1.807) is 6.92 Å². The van der Waals surface area contributed by atoms with Crippen molar-refractivity contribution in [2.24, 2.45) is 5.84 Å². The van der Waals surface area contributed by atoms with Crippen molar-refractivity contribution in [3.8, 4) is 0 Å². The van der Waals surface area contributed by atoms with Crippen molar-refractivity contribution < 1.29 is 18.0 Å². The second-order valence-electron chi connectivity index (χ2n) is 4.22. The van der Waals surface area contributed by atoms with Gasteiger partial charge >= 0.3 is 6.18 Å². The molecule has 19 heavy (non-hydrogen) atoms. The highest BCUT2D eigenvalue weighted by atomic mass is 19.4. The number of aryl methyl sites for hydroxylation is 1. The first-order chi connectivity index (χ1) is 8.71. The Morgan fingerprint density at radius 3 is 2.63 bits per heavy atom. The summed E-state index contributed by atoms with van der Waals surface area (Å²) >= 11 is 0. The maximum atomic E-state index is 12.2. The molecular weight excluding hydrogens is 261 g/mol. The lowest BCUT2D eigenvalue weighted by Gasteiger charge is -2.16. The largest absolute Gasteiger partial charge is 0.391 e. The lowest BCUT2D eigenvalue weighted by atomic mass is 10.1. The van der Waals surface area contributed by atoms with Gasteiger partial charge in [-0.05, 0) is 26.0 Å². The van der Waals surface area contributed by atoms with E-state index in [-0.39, 0.29) is 11.4 Å². The fraction of sp³-hybridized carbons (Fsp3) is 0.455. The molecule has 1 heterocycles. The molecule has 4 N–H and O–H groups in total. The van der Waals surface area contributed by atoms with E-state index in [0.29, 0.717) is 5.69 Å². The van der Waals surface area contributed by atoms with Crippen LogP contribution in [-0.4, -0.2) is 23.1 Å². The number of halogens is 3. The number of amides is 1. The molecule has 0 fully saturated rings. The fourth-order valence-electron chi connectivity index (χ4n) is 1.58. The van der Waals surface area contributed by atoms with Crippen molar-refractivity contribution in [2.45, 2.75) is 32.5 Å². The minimum Gasteiger partial charge on any atom is -0.349 e. The van der Waals surface area contributed by atoms with Crippen LogP contribution in [0.5, 0.6) is 0 Å². The van der Waals surface area contributed by atoms with E-state index in [0.717, 1.165) is 0 Å². The lowest BCUT2D eigenvalue weighted by Crippen LogP contribution is -2.36. The molecule has 0 radical (unpaired) electrons. The zero-order valence-electron chi connectivity index (χ0n) is 10.5. The zero-order valence-corrected chi connectivity index (χ0v) is 10.5. The van der Waals surface area contributed by atoms with E-state index in [4.69, 9.17) is 5.84 Å². The van der Waals surface area contributed by atoms with Crippen molar-refractivity contribution in [1.29, 1.82) is 0 Å². The minimum atomic E-state index is -4.31. The number of carbonyl (C=O) groups excluding carboxylic acids is 1. The van der Waals surface area contributed by atoms with E-state index in [2.05, 4.69) is 15.7 Å². The second-order valence-corrected chi connectivity index (χ2v) is 4.22. The number of hydrogen-bond donors (Lipinski definition) is 3. The van der Waals surface area contributed by atoms with Crippen LogP contribution in [0.3, 0.4) is 0 Å². The number of pyridine rings is 1. The Labute approximate surface area is 108 Å². The number of nitrogens with two attached hydrogens (primary N) is 1. The third-order valence-electron chi connectivity index (χ3n) is 2.28. The molecule has 0 aliphatic carbocycles. The number of alkyl halides is 3. The molecule has 1 amide bonds. The summed E-state index contributed by atoms with van der Waals surface area (Å²) in [6.07, 6.45) is -5.39. The van der Waals surface area contributed by atoms with Crippen LogP contribution in [0, 0.1) is 6.92 Å². The third-order valence-corrected chi connectivity index (χ3v) is 2.28. The molecule has 0 bridgehead atoms. The molecule has 5 nitrogen and oxygen atoms in total. The molecule has 0 aliphatic rings. The van der Waals surface area contributed by atoms with Crippen LogP contribution in [0.15, 0.2) is 12.1 Å². The Hall–Kier alpha value is -1.83. The van der Waals surface area contributed by atoms with Crippen LogP contribution in [0.25, 0.3) is 0 Å². The van der Waals surface area contributed by atoms with Gasteiger partial charge in [-0.15, -0.1) is 0 Å². The van der Waals surface area contributed by atoms with Gasteiger partial charge in [0.25, 0.3) is 5.91 Å². The Morgan fingerprint density at radius 1 is 1.47 bits per heavy atom. The maximum absolute atomic E-state index is 12.2. The van der Waals surface area contributed by atoms with Gasteiger partial charge in [0.05, 0.1) is 6.42 Å². The zero-order chi connectivity index (χ0) is 14.6. The Morgan fingerprint density at radius 2 is 2.11 bits per heavy atom. The number of aromatic nitrogens is 1. The first kappa shape index (κ1) is 15.2. The molecule has 8 heteroatoms. The molecular formula is C11H15F3N4O. The highest BCUT2D eigenvalue weighted by Gasteiger charge is 2.30. The normalized spacial score (nSPS) is 12.9. The van der Waals surface area contributed by atoms with Crippen LogP contribution in [-0.2, 0) is 0 Å². The lowest BCUT2D eigenvalue weighted by molar-refractivity contribution is -0.138. The van der Waals surface area contributed by atoms with Crippen LogP contribution in [0.2, 0.25) is 0 Å². The SMILES string of the molecule is Cc1cc(C(=O)NC(C)CC(F)(F)F)cc(NN)n1. The van der Waals surface area contributed by atoms with Crippen molar-refractivity contribution in [3.05, 3.63) is 23.4 Å². The average molecular weight is 276 g/mol. The van der Waals surface area contributed by atoms with Crippen LogP contribution >= 0.6 is 0 Å².